The van der Waals surface area contributed by atoms with Crippen molar-refractivity contribution in [3.8, 4) is 11.4 Å². The molecule has 1 fully saturated rings. The number of nitrogens with one attached hydrogen (secondary N) is 2. The predicted octanol–water partition coefficient (Wildman–Crippen LogP) is 1.83. The summed E-state index contributed by atoms with van der Waals surface area (Å²) in [6.07, 6.45) is -1.34. The normalized spacial score (nSPS) is 18.7. The number of aromatic amines is 1. The van der Waals surface area contributed by atoms with Gasteiger partial charge in [-0.25, -0.2) is 4.98 Å². The van der Waals surface area contributed by atoms with E-state index in [4.69, 9.17) is 11.6 Å². The molecule has 128 valence electrons. The largest absolute Gasteiger partial charge is 0.405 e. The molecule has 6 nitrogen and oxygen atoms in total. The van der Waals surface area contributed by atoms with Gasteiger partial charge in [-0.2, -0.15) is 13.2 Å². The topological polar surface area (TPSA) is 73.9 Å². The third-order valence-electron chi connectivity index (χ3n) is 3.67. The van der Waals surface area contributed by atoms with Gasteiger partial charge in [0.2, 0.25) is 0 Å². The van der Waals surface area contributed by atoms with E-state index in [1.807, 2.05) is 0 Å². The Morgan fingerprint density at radius 2 is 2.00 bits per heavy atom. The Balaban J connectivity index is 1.98. The van der Waals surface area contributed by atoms with Crippen molar-refractivity contribution in [2.24, 2.45) is 0 Å². The van der Waals surface area contributed by atoms with Gasteiger partial charge in [-0.3, -0.25) is 9.78 Å². The van der Waals surface area contributed by atoms with Crippen LogP contribution in [0.2, 0.25) is 5.02 Å². The number of hydrogen-bond donors (Lipinski definition) is 2. The number of aromatic nitrogens is 3. The van der Waals surface area contributed by atoms with Gasteiger partial charge in [0.25, 0.3) is 5.56 Å². The highest BCUT2D eigenvalue weighted by Gasteiger charge is 2.42. The smallest absolute Gasteiger partial charge is 0.352 e. The fraction of sp³-hybridized carbons (Fsp3) is 0.357. The van der Waals surface area contributed by atoms with Gasteiger partial charge in [-0.1, -0.05) is 11.6 Å². The number of hydrogen-bond acceptors (Lipinski definition) is 5. The summed E-state index contributed by atoms with van der Waals surface area (Å²) in [6.45, 7) is 0.00751. The Kier molecular flexibility index (Phi) is 4.46. The highest BCUT2D eigenvalue weighted by molar-refractivity contribution is 6.32. The van der Waals surface area contributed by atoms with Crippen LogP contribution in [0.15, 0.2) is 29.3 Å². The summed E-state index contributed by atoms with van der Waals surface area (Å²) in [5.74, 6) is 0.270. The van der Waals surface area contributed by atoms with Gasteiger partial charge >= 0.3 is 6.18 Å². The molecule has 0 amide bonds. The van der Waals surface area contributed by atoms with Crippen LogP contribution in [0.3, 0.4) is 0 Å². The first-order valence-corrected chi connectivity index (χ1v) is 7.49. The molecule has 1 aliphatic rings. The molecule has 1 aliphatic heterocycles. The lowest BCUT2D eigenvalue weighted by Gasteiger charge is -2.35. The molecule has 1 saturated heterocycles. The second kappa shape index (κ2) is 6.40. The van der Waals surface area contributed by atoms with Crippen LogP contribution in [0.5, 0.6) is 0 Å². The van der Waals surface area contributed by atoms with Crippen molar-refractivity contribution < 1.29 is 13.2 Å². The number of alkyl halides is 3. The van der Waals surface area contributed by atoms with Gasteiger partial charge in [0.15, 0.2) is 5.82 Å². The Bertz CT molecular complexity index is 780. The zero-order chi connectivity index (χ0) is 17.3. The first kappa shape index (κ1) is 16.7. The molecule has 2 N–H and O–H groups in total. The molecular weight excluding hydrogens is 347 g/mol. The van der Waals surface area contributed by atoms with Crippen molar-refractivity contribution in [1.29, 1.82) is 0 Å². The van der Waals surface area contributed by atoms with E-state index in [2.05, 4.69) is 20.3 Å². The SMILES string of the molecule is O=c1[nH]c(-c2ccncc2)nc(N2CCN[C@H](C(F)(F)F)C2)c1Cl. The second-order valence-corrected chi connectivity index (χ2v) is 5.66. The zero-order valence-corrected chi connectivity index (χ0v) is 13.0. The van der Waals surface area contributed by atoms with Gasteiger partial charge in [-0.05, 0) is 12.1 Å². The molecule has 0 saturated carbocycles. The number of anilines is 1. The predicted molar refractivity (Wildman–Crippen MR) is 83.2 cm³/mol. The number of rotatable bonds is 2. The lowest BCUT2D eigenvalue weighted by molar-refractivity contribution is -0.155. The second-order valence-electron chi connectivity index (χ2n) is 5.28. The van der Waals surface area contributed by atoms with Gasteiger partial charge in [-0.15, -0.1) is 0 Å². The molecule has 10 heteroatoms. The molecule has 0 spiro atoms. The Morgan fingerprint density at radius 1 is 1.29 bits per heavy atom. The van der Waals surface area contributed by atoms with Gasteiger partial charge < -0.3 is 15.2 Å². The third kappa shape index (κ3) is 3.36. The maximum atomic E-state index is 12.9. The molecule has 2 aromatic heterocycles. The monoisotopic (exact) mass is 359 g/mol. The summed E-state index contributed by atoms with van der Waals surface area (Å²) in [4.78, 5) is 24.1. The average molecular weight is 360 g/mol. The number of halogens is 4. The first-order chi connectivity index (χ1) is 11.4. The Hall–Kier alpha value is -2.13. The quantitative estimate of drug-likeness (QED) is 0.855. The van der Waals surface area contributed by atoms with Crippen molar-refractivity contribution in [3.63, 3.8) is 0 Å². The number of pyridine rings is 1. The standard InChI is InChI=1S/C14H13ClF3N5O/c15-10-12(23-6-5-20-9(7-23)14(16,17)18)21-11(22-13(10)24)8-1-3-19-4-2-8/h1-4,9,20H,5-7H2,(H,21,22,24)/t9-/m0/s1. The summed E-state index contributed by atoms with van der Waals surface area (Å²) < 4.78 is 38.8. The first-order valence-electron chi connectivity index (χ1n) is 7.11. The van der Waals surface area contributed by atoms with Gasteiger partial charge in [0.1, 0.15) is 16.9 Å². The van der Waals surface area contributed by atoms with E-state index < -0.39 is 17.8 Å². The minimum Gasteiger partial charge on any atom is -0.352 e. The molecule has 0 unspecified atom stereocenters. The molecule has 0 bridgehead atoms. The summed E-state index contributed by atoms with van der Waals surface area (Å²) in [5, 5.41) is 2.18. The van der Waals surface area contributed by atoms with Crippen LogP contribution in [-0.4, -0.2) is 46.8 Å². The summed E-state index contributed by atoms with van der Waals surface area (Å²) in [7, 11) is 0. The van der Waals surface area contributed by atoms with Crippen molar-refractivity contribution in [2.75, 3.05) is 24.5 Å². The molecule has 1 atom stereocenters. The lowest BCUT2D eigenvalue weighted by Crippen LogP contribution is -2.57. The molecular formula is C14H13ClF3N5O. The van der Waals surface area contributed by atoms with Crippen molar-refractivity contribution in [1.82, 2.24) is 20.3 Å². The van der Waals surface area contributed by atoms with E-state index in [1.54, 1.807) is 12.1 Å². The number of H-pyrrole nitrogens is 1. The van der Waals surface area contributed by atoms with Crippen LogP contribution in [0, 0.1) is 0 Å². The molecule has 24 heavy (non-hydrogen) atoms. The molecule has 2 aromatic rings. The van der Waals surface area contributed by atoms with E-state index in [0.717, 1.165) is 0 Å². The molecule has 0 aliphatic carbocycles. The number of piperazine rings is 1. The minimum atomic E-state index is -4.39. The number of nitrogens with zero attached hydrogens (tertiary/aromatic N) is 3. The van der Waals surface area contributed by atoms with E-state index in [0.29, 0.717) is 5.56 Å². The maximum absolute atomic E-state index is 12.9. The van der Waals surface area contributed by atoms with Crippen LogP contribution in [0.1, 0.15) is 0 Å². The molecule has 3 heterocycles. The van der Waals surface area contributed by atoms with E-state index in [1.165, 1.54) is 17.3 Å². The van der Waals surface area contributed by atoms with Gasteiger partial charge in [0, 0.05) is 37.6 Å². The zero-order valence-electron chi connectivity index (χ0n) is 12.3. The minimum absolute atomic E-state index is 0.0444. The Labute approximate surface area is 139 Å². The molecule has 0 aromatic carbocycles. The van der Waals surface area contributed by atoms with Crippen LogP contribution >= 0.6 is 11.6 Å². The van der Waals surface area contributed by atoms with Crippen molar-refractivity contribution >= 4 is 17.4 Å². The molecule has 0 radical (unpaired) electrons. The maximum Gasteiger partial charge on any atom is 0.405 e. The van der Waals surface area contributed by atoms with E-state index in [-0.39, 0.29) is 36.3 Å². The summed E-state index contributed by atoms with van der Waals surface area (Å²) >= 11 is 5.99. The Morgan fingerprint density at radius 3 is 2.67 bits per heavy atom. The van der Waals surface area contributed by atoms with Crippen LogP contribution in [-0.2, 0) is 0 Å². The lowest BCUT2D eigenvalue weighted by atomic mass is 10.2. The van der Waals surface area contributed by atoms with Crippen LogP contribution in [0.4, 0.5) is 19.0 Å². The summed E-state index contributed by atoms with van der Waals surface area (Å²) in [5.41, 5.74) is -0.0157. The van der Waals surface area contributed by atoms with Crippen molar-refractivity contribution in [3.05, 3.63) is 39.9 Å². The summed E-state index contributed by atoms with van der Waals surface area (Å²) in [6, 6.07) is 1.56. The fourth-order valence-corrected chi connectivity index (χ4v) is 2.67. The molecule has 3 rings (SSSR count). The van der Waals surface area contributed by atoms with Crippen LogP contribution < -0.4 is 15.8 Å². The van der Waals surface area contributed by atoms with E-state index >= 15 is 0 Å². The van der Waals surface area contributed by atoms with Crippen LogP contribution in [0.25, 0.3) is 11.4 Å². The third-order valence-corrected chi connectivity index (χ3v) is 4.01. The van der Waals surface area contributed by atoms with Gasteiger partial charge in [0.05, 0.1) is 0 Å². The average Bonchev–Trinajstić information content (AvgIpc) is 2.57. The highest BCUT2D eigenvalue weighted by atomic mass is 35.5. The highest BCUT2D eigenvalue weighted by Crippen LogP contribution is 2.28. The van der Waals surface area contributed by atoms with Crippen molar-refractivity contribution in [2.45, 2.75) is 12.2 Å². The fourth-order valence-electron chi connectivity index (χ4n) is 2.46. The van der Waals surface area contributed by atoms with E-state index in [9.17, 15) is 18.0 Å².